The van der Waals surface area contributed by atoms with E-state index in [-0.39, 0.29) is 13.8 Å². The zero-order valence-electron chi connectivity index (χ0n) is 18.3. The molecule has 0 aliphatic heterocycles. The van der Waals surface area contributed by atoms with Crippen molar-refractivity contribution < 1.29 is 81.2 Å². The summed E-state index contributed by atoms with van der Waals surface area (Å²) in [5, 5.41) is 17.2. The zero-order chi connectivity index (χ0) is 28.7. The molecular formula is C17H22F14O4. The summed E-state index contributed by atoms with van der Waals surface area (Å²) < 4.78 is 201. The zero-order valence-corrected chi connectivity index (χ0v) is 18.3. The van der Waals surface area contributed by atoms with Crippen LogP contribution in [0.25, 0.3) is 0 Å². The van der Waals surface area contributed by atoms with E-state index in [9.17, 15) is 57.1 Å². The lowest BCUT2D eigenvalue weighted by atomic mass is 9.79. The minimum Gasteiger partial charge on any atom is -0.393 e. The fraction of sp³-hybridized carbons (Fsp3) is 1.00. The van der Waals surface area contributed by atoms with Crippen LogP contribution in [0.2, 0.25) is 0 Å². The average molecular weight is 556 g/mol. The van der Waals surface area contributed by atoms with Crippen LogP contribution in [-0.4, -0.2) is 76.5 Å². The molecule has 0 bridgehead atoms. The van der Waals surface area contributed by atoms with Gasteiger partial charge in [-0.25, -0.2) is 8.78 Å². The smallest absolute Gasteiger partial charge is 0.393 e. The molecule has 0 radical (unpaired) electrons. The van der Waals surface area contributed by atoms with Gasteiger partial charge in [0.2, 0.25) is 0 Å². The van der Waals surface area contributed by atoms with Crippen LogP contribution >= 0.6 is 0 Å². The minimum atomic E-state index is -7.09. The summed E-state index contributed by atoms with van der Waals surface area (Å²) in [6, 6.07) is 0. The molecule has 0 heterocycles. The van der Waals surface area contributed by atoms with E-state index in [0.717, 1.165) is 0 Å². The second kappa shape index (κ2) is 9.63. The largest absolute Gasteiger partial charge is 0.434 e. The molecule has 4 atom stereocenters. The summed E-state index contributed by atoms with van der Waals surface area (Å²) >= 11 is 0. The summed E-state index contributed by atoms with van der Waals surface area (Å²) in [5.41, 5.74) is -20.8. The van der Waals surface area contributed by atoms with Crippen molar-refractivity contribution in [3.8, 4) is 0 Å². The van der Waals surface area contributed by atoms with Crippen LogP contribution in [0.3, 0.4) is 0 Å². The molecular weight excluding hydrogens is 534 g/mol. The van der Waals surface area contributed by atoms with Crippen molar-refractivity contribution in [1.82, 2.24) is 0 Å². The van der Waals surface area contributed by atoms with E-state index >= 15 is 4.39 Å². The fourth-order valence-electron chi connectivity index (χ4n) is 2.95. The van der Waals surface area contributed by atoms with Crippen LogP contribution in [-0.2, 0) is 9.47 Å². The van der Waals surface area contributed by atoms with Crippen molar-refractivity contribution in [2.45, 2.75) is 93.6 Å². The Morgan fingerprint density at radius 3 is 1.17 bits per heavy atom. The standard InChI is InChI=1S/C17H22F14O4/c1-5-9(3,11(18,7-32)14(22,23)24)34-17(30,31)13(21,15(25,26)27)10(4,6-2)35-16(28,29)12(19,20)8-33/h32-33H,5-8H2,1-4H3. The predicted octanol–water partition coefficient (Wildman–Crippen LogP) is 5.70. The highest BCUT2D eigenvalue weighted by molar-refractivity contribution is 5.12. The molecule has 0 saturated heterocycles. The van der Waals surface area contributed by atoms with E-state index in [0.29, 0.717) is 6.92 Å². The third-order valence-corrected chi connectivity index (χ3v) is 5.71. The summed E-state index contributed by atoms with van der Waals surface area (Å²) in [6.07, 6.45) is -29.9. The van der Waals surface area contributed by atoms with Crippen LogP contribution in [0.4, 0.5) is 61.5 Å². The molecule has 2 N–H and O–H groups in total. The average Bonchev–Trinajstić information content (AvgIpc) is 2.69. The molecule has 212 valence electrons. The molecule has 4 unspecified atom stereocenters. The van der Waals surface area contributed by atoms with E-state index in [4.69, 9.17) is 10.2 Å². The second-order valence-corrected chi connectivity index (χ2v) is 7.88. The molecule has 18 heteroatoms. The van der Waals surface area contributed by atoms with Gasteiger partial charge in [0.1, 0.15) is 17.8 Å². The van der Waals surface area contributed by atoms with Crippen LogP contribution in [0, 0.1) is 0 Å². The van der Waals surface area contributed by atoms with Gasteiger partial charge in [0, 0.05) is 0 Å². The number of ether oxygens (including phenoxy) is 2. The second-order valence-electron chi connectivity index (χ2n) is 7.88. The van der Waals surface area contributed by atoms with Crippen LogP contribution in [0.5, 0.6) is 0 Å². The number of hydrogen-bond donors (Lipinski definition) is 2. The van der Waals surface area contributed by atoms with Gasteiger partial charge in [-0.1, -0.05) is 13.8 Å². The molecule has 0 aromatic rings. The first kappa shape index (κ1) is 33.9. The van der Waals surface area contributed by atoms with Gasteiger partial charge in [-0.05, 0) is 26.7 Å². The van der Waals surface area contributed by atoms with E-state index in [1.165, 1.54) is 0 Å². The molecule has 35 heavy (non-hydrogen) atoms. The van der Waals surface area contributed by atoms with Gasteiger partial charge in [-0.3, -0.25) is 0 Å². The molecule has 0 rings (SSSR count). The third kappa shape index (κ3) is 5.30. The van der Waals surface area contributed by atoms with Crippen molar-refractivity contribution >= 4 is 0 Å². The Labute approximate surface area is 189 Å². The van der Waals surface area contributed by atoms with Gasteiger partial charge in [0.15, 0.2) is 0 Å². The predicted molar refractivity (Wildman–Crippen MR) is 88.4 cm³/mol. The normalized spacial score (nSPS) is 21.6. The Hall–Kier alpha value is -1.14. The van der Waals surface area contributed by atoms with Crippen molar-refractivity contribution in [3.05, 3.63) is 0 Å². The first-order valence-electron chi connectivity index (χ1n) is 9.42. The Kier molecular flexibility index (Phi) is 9.31. The van der Waals surface area contributed by atoms with E-state index < -0.39 is 86.0 Å². The van der Waals surface area contributed by atoms with E-state index in [2.05, 4.69) is 9.47 Å². The molecule has 0 aliphatic rings. The first-order valence-corrected chi connectivity index (χ1v) is 9.42. The van der Waals surface area contributed by atoms with Gasteiger partial charge < -0.3 is 19.7 Å². The summed E-state index contributed by atoms with van der Waals surface area (Å²) in [6.45, 7) is -5.46. The van der Waals surface area contributed by atoms with E-state index in [1.807, 2.05) is 0 Å². The highest BCUT2D eigenvalue weighted by atomic mass is 19.4. The summed E-state index contributed by atoms with van der Waals surface area (Å²) in [4.78, 5) is 0. The Morgan fingerprint density at radius 1 is 0.543 bits per heavy atom. The quantitative estimate of drug-likeness (QED) is 0.303. The molecule has 0 saturated carbocycles. The molecule has 0 aliphatic carbocycles. The van der Waals surface area contributed by atoms with Gasteiger partial charge in [0.05, 0.1) is 6.61 Å². The third-order valence-electron chi connectivity index (χ3n) is 5.71. The van der Waals surface area contributed by atoms with Crippen molar-refractivity contribution in [3.63, 3.8) is 0 Å². The number of rotatable bonds is 12. The topological polar surface area (TPSA) is 58.9 Å². The van der Waals surface area contributed by atoms with Gasteiger partial charge >= 0.3 is 36.2 Å². The van der Waals surface area contributed by atoms with Crippen LogP contribution in [0.1, 0.15) is 40.5 Å². The lowest BCUT2D eigenvalue weighted by Crippen LogP contribution is -2.74. The highest BCUT2D eigenvalue weighted by Crippen LogP contribution is 2.59. The SMILES string of the molecule is CCC(C)(OC(F)(F)C(F)(C(F)(F)F)C(C)(CC)OC(F)(F)C(F)(F)CO)C(F)(CO)C(F)(F)F. The van der Waals surface area contributed by atoms with E-state index in [1.54, 1.807) is 0 Å². The van der Waals surface area contributed by atoms with Gasteiger partial charge in [-0.15, -0.1) is 0 Å². The van der Waals surface area contributed by atoms with Crippen molar-refractivity contribution in [2.75, 3.05) is 13.2 Å². The molecule has 0 spiro atoms. The Bertz CT molecular complexity index is 727. The number of hydrogen-bond acceptors (Lipinski definition) is 4. The number of alkyl halides is 14. The number of aliphatic hydroxyl groups excluding tert-OH is 2. The van der Waals surface area contributed by atoms with Crippen LogP contribution in [0.15, 0.2) is 0 Å². The molecule has 0 aromatic carbocycles. The molecule has 0 aromatic heterocycles. The number of halogens is 14. The Balaban J connectivity index is 7.10. The van der Waals surface area contributed by atoms with Gasteiger partial charge in [-0.2, -0.15) is 52.7 Å². The van der Waals surface area contributed by atoms with Crippen molar-refractivity contribution in [1.29, 1.82) is 0 Å². The first-order chi connectivity index (χ1) is 15.2. The maximum Gasteiger partial charge on any atom is 0.434 e. The van der Waals surface area contributed by atoms with Crippen LogP contribution < -0.4 is 0 Å². The Morgan fingerprint density at radius 2 is 0.914 bits per heavy atom. The maximum atomic E-state index is 15.4. The molecule has 4 nitrogen and oxygen atoms in total. The number of aliphatic hydroxyl groups is 2. The lowest BCUT2D eigenvalue weighted by Gasteiger charge is -2.50. The monoisotopic (exact) mass is 556 g/mol. The molecule has 0 amide bonds. The highest BCUT2D eigenvalue weighted by Gasteiger charge is 2.84. The summed E-state index contributed by atoms with van der Waals surface area (Å²) in [5.74, 6) is -5.74. The lowest BCUT2D eigenvalue weighted by molar-refractivity contribution is -0.480. The summed E-state index contributed by atoms with van der Waals surface area (Å²) in [7, 11) is 0. The van der Waals surface area contributed by atoms with Gasteiger partial charge in [0.25, 0.3) is 5.67 Å². The maximum absolute atomic E-state index is 15.4. The fourth-order valence-corrected chi connectivity index (χ4v) is 2.95. The van der Waals surface area contributed by atoms with Crippen molar-refractivity contribution in [2.24, 2.45) is 0 Å². The minimum absolute atomic E-state index is 0.208. The molecule has 0 fully saturated rings.